The van der Waals surface area contributed by atoms with Crippen molar-refractivity contribution in [2.24, 2.45) is 0 Å². The number of aryl methyl sites for hydroxylation is 2. The van der Waals surface area contributed by atoms with E-state index in [0.717, 1.165) is 30.3 Å². The Hall–Kier alpha value is -6.73. The van der Waals surface area contributed by atoms with Crippen LogP contribution in [-0.4, -0.2) is 9.13 Å². The first-order valence-corrected chi connectivity index (χ1v) is 16.8. The largest absolute Gasteiger partial charge is 0.417 e. The van der Waals surface area contributed by atoms with Gasteiger partial charge in [0.2, 0.25) is 0 Å². The molecule has 0 saturated carbocycles. The van der Waals surface area contributed by atoms with Gasteiger partial charge in [0.1, 0.15) is 11.6 Å². The monoisotopic (exact) mass is 766 g/mol. The lowest BCUT2D eigenvalue weighted by Gasteiger charge is -2.20. The molecular weight excluding hydrogens is 743 g/mol. The average Bonchev–Trinajstić information content (AvgIpc) is 3.63. The molecule has 0 atom stereocenters. The van der Waals surface area contributed by atoms with E-state index in [2.05, 4.69) is 6.07 Å². The van der Waals surface area contributed by atoms with Crippen molar-refractivity contribution in [2.45, 2.75) is 32.4 Å². The maximum Gasteiger partial charge on any atom is 0.417 e. The van der Waals surface area contributed by atoms with Gasteiger partial charge in [-0.25, -0.2) is 0 Å². The van der Waals surface area contributed by atoms with Crippen LogP contribution in [0.1, 0.15) is 38.9 Å². The molecule has 4 nitrogen and oxygen atoms in total. The fourth-order valence-corrected chi connectivity index (χ4v) is 7.46. The van der Waals surface area contributed by atoms with Crippen LogP contribution in [0.2, 0.25) is 0 Å². The molecule has 0 aliphatic carbocycles. The number of fused-ring (bicyclic) bond motifs is 6. The van der Waals surface area contributed by atoms with Gasteiger partial charge in [-0.1, -0.05) is 42.5 Å². The van der Waals surface area contributed by atoms with E-state index >= 15 is 0 Å². The summed E-state index contributed by atoms with van der Waals surface area (Å²) in [4.78, 5) is 0. The third-order valence-corrected chi connectivity index (χ3v) is 9.96. The molecule has 8 rings (SSSR count). The molecule has 0 spiro atoms. The first-order chi connectivity index (χ1) is 26.4. The minimum atomic E-state index is -5.01. The van der Waals surface area contributed by atoms with Crippen LogP contribution in [-0.2, 0) is 18.5 Å². The second-order valence-corrected chi connectivity index (χ2v) is 13.5. The average molecular weight is 767 g/mol. The molecule has 0 aliphatic heterocycles. The van der Waals surface area contributed by atoms with E-state index in [1.807, 2.05) is 0 Å². The highest BCUT2D eigenvalue weighted by atomic mass is 19.4. The lowest BCUT2D eigenvalue weighted by Crippen LogP contribution is -2.10. The SMILES string of the molecule is Cc1ccc2c3ccc(C(F)(F)F)cc3n(-c3cc(-c4ccc(C#N)cc4C(F)(F)F)cc(-n4c5cc(C)ccc5c5ccc(C(F)(F)F)cc54)c3C#N)c2c1. The smallest absolute Gasteiger partial charge is 0.308 e. The fourth-order valence-electron chi connectivity index (χ4n) is 7.46. The van der Waals surface area contributed by atoms with Crippen LogP contribution in [0.25, 0.3) is 66.1 Å². The molecular formula is C43H23F9N4. The van der Waals surface area contributed by atoms with E-state index in [-0.39, 0.29) is 39.1 Å². The molecule has 8 aromatic rings. The molecule has 13 heteroatoms. The lowest BCUT2D eigenvalue weighted by molar-refractivity contribution is -0.138. The Labute approximate surface area is 311 Å². The van der Waals surface area contributed by atoms with Crippen LogP contribution in [0.15, 0.2) is 103 Å². The maximum absolute atomic E-state index is 14.8. The van der Waals surface area contributed by atoms with Gasteiger partial charge in [0.15, 0.2) is 0 Å². The fraction of sp³-hybridized carbons (Fsp3) is 0.116. The van der Waals surface area contributed by atoms with Crippen molar-refractivity contribution >= 4 is 43.6 Å². The summed E-state index contributed by atoms with van der Waals surface area (Å²) in [6.07, 6.45) is -14.6. The first-order valence-electron chi connectivity index (χ1n) is 16.8. The van der Waals surface area contributed by atoms with Crippen molar-refractivity contribution in [3.63, 3.8) is 0 Å². The summed E-state index contributed by atoms with van der Waals surface area (Å²) in [7, 11) is 0. The van der Waals surface area contributed by atoms with Crippen molar-refractivity contribution in [2.75, 3.05) is 0 Å². The quantitative estimate of drug-likeness (QED) is 0.168. The second-order valence-electron chi connectivity index (χ2n) is 13.5. The first kappa shape index (κ1) is 36.3. The summed E-state index contributed by atoms with van der Waals surface area (Å²) in [6.45, 7) is 3.47. The molecule has 0 radical (unpaired) electrons. The van der Waals surface area contributed by atoms with Crippen LogP contribution < -0.4 is 0 Å². The zero-order chi connectivity index (χ0) is 40.1. The standard InChI is InChI=1S/C43H23F9N4/c1-22-3-8-29-31-11-6-26(41(44,45)46)18-39(31)55(35(29)13-22)37-16-25(28-10-5-24(20-53)15-34(28)43(50,51)52)17-38(33(37)21-54)56-36-14-23(2)4-9-30(36)32-12-7-27(19-40(32)56)42(47,48)49/h3-19H,1-2H3. The molecule has 0 aliphatic rings. The van der Waals surface area contributed by atoms with Crippen molar-refractivity contribution in [3.05, 3.63) is 142 Å². The maximum atomic E-state index is 14.8. The zero-order valence-corrected chi connectivity index (χ0v) is 29.0. The predicted molar refractivity (Wildman–Crippen MR) is 194 cm³/mol. The van der Waals surface area contributed by atoms with E-state index in [0.29, 0.717) is 49.8 Å². The minimum Gasteiger partial charge on any atom is -0.308 e. The van der Waals surface area contributed by atoms with Gasteiger partial charge < -0.3 is 9.13 Å². The third kappa shape index (κ3) is 5.78. The number of benzene rings is 6. The van der Waals surface area contributed by atoms with Gasteiger partial charge in [-0.15, -0.1) is 0 Å². The Morgan fingerprint density at radius 2 is 0.893 bits per heavy atom. The van der Waals surface area contributed by atoms with Gasteiger partial charge in [0.25, 0.3) is 0 Å². The summed E-state index contributed by atoms with van der Waals surface area (Å²) < 4.78 is 133. The van der Waals surface area contributed by atoms with E-state index < -0.39 is 40.8 Å². The molecule has 2 aromatic heterocycles. The van der Waals surface area contributed by atoms with Gasteiger partial charge in [-0.05, 0) is 96.8 Å². The van der Waals surface area contributed by atoms with E-state index in [1.54, 1.807) is 56.3 Å². The highest BCUT2D eigenvalue weighted by Crippen LogP contribution is 2.45. The minimum absolute atomic E-state index is 0.0201. The Morgan fingerprint density at radius 3 is 1.29 bits per heavy atom. The van der Waals surface area contributed by atoms with Gasteiger partial charge in [0, 0.05) is 21.5 Å². The van der Waals surface area contributed by atoms with E-state index in [4.69, 9.17) is 0 Å². The van der Waals surface area contributed by atoms with E-state index in [1.165, 1.54) is 39.5 Å². The number of hydrogen-bond acceptors (Lipinski definition) is 2. The van der Waals surface area contributed by atoms with Crippen LogP contribution in [0.3, 0.4) is 0 Å². The Kier molecular flexibility index (Phi) is 8.03. The predicted octanol–water partition coefficient (Wildman–Crippen LogP) is 13.0. The number of nitrogens with zero attached hydrogens (tertiary/aromatic N) is 4. The number of hydrogen-bond donors (Lipinski definition) is 0. The molecule has 278 valence electrons. The molecule has 0 saturated heterocycles. The summed E-state index contributed by atoms with van der Waals surface area (Å²) >= 11 is 0. The van der Waals surface area contributed by atoms with Gasteiger partial charge in [-0.3, -0.25) is 0 Å². The molecule has 56 heavy (non-hydrogen) atoms. The second kappa shape index (κ2) is 12.4. The van der Waals surface area contributed by atoms with E-state index in [9.17, 15) is 50.0 Å². The summed E-state index contributed by atoms with van der Waals surface area (Å²) in [5, 5.41) is 22.2. The highest BCUT2D eigenvalue weighted by Gasteiger charge is 2.36. The van der Waals surface area contributed by atoms with Crippen molar-refractivity contribution in [1.29, 1.82) is 10.5 Å². The summed E-state index contributed by atoms with van der Waals surface area (Å²) in [5.74, 6) is 0. The molecule has 0 fully saturated rings. The topological polar surface area (TPSA) is 57.4 Å². The number of aromatic nitrogens is 2. The molecule has 6 aromatic carbocycles. The number of alkyl halides is 9. The summed E-state index contributed by atoms with van der Waals surface area (Å²) in [6, 6.07) is 25.5. The molecule has 0 amide bonds. The Morgan fingerprint density at radius 1 is 0.464 bits per heavy atom. The number of rotatable bonds is 3. The normalized spacial score (nSPS) is 12.5. The van der Waals surface area contributed by atoms with Crippen LogP contribution >= 0.6 is 0 Å². The van der Waals surface area contributed by atoms with Gasteiger partial charge in [-0.2, -0.15) is 50.0 Å². The third-order valence-electron chi connectivity index (χ3n) is 9.96. The lowest BCUT2D eigenvalue weighted by atomic mass is 9.94. The van der Waals surface area contributed by atoms with Crippen LogP contribution in [0.4, 0.5) is 39.5 Å². The highest BCUT2D eigenvalue weighted by molar-refractivity contribution is 6.11. The van der Waals surface area contributed by atoms with Crippen LogP contribution in [0, 0.1) is 36.5 Å². The van der Waals surface area contributed by atoms with Crippen molar-refractivity contribution in [3.8, 4) is 34.6 Å². The number of nitriles is 2. The molecule has 0 unspecified atom stereocenters. The number of halogens is 9. The zero-order valence-electron chi connectivity index (χ0n) is 29.0. The summed E-state index contributed by atoms with van der Waals surface area (Å²) in [5.41, 5.74) is -2.71. The molecule has 2 heterocycles. The van der Waals surface area contributed by atoms with Gasteiger partial charge >= 0.3 is 18.5 Å². The van der Waals surface area contributed by atoms with Crippen molar-refractivity contribution < 1.29 is 39.5 Å². The van der Waals surface area contributed by atoms with Crippen LogP contribution in [0.5, 0.6) is 0 Å². The Balaban J connectivity index is 1.61. The Bertz CT molecular complexity index is 2880. The van der Waals surface area contributed by atoms with Crippen molar-refractivity contribution in [1.82, 2.24) is 9.13 Å². The van der Waals surface area contributed by atoms with Gasteiger partial charge in [0.05, 0.1) is 61.8 Å². The molecule has 0 N–H and O–H groups in total. The molecule has 0 bridgehead atoms.